The summed E-state index contributed by atoms with van der Waals surface area (Å²) < 4.78 is 24.4. The van der Waals surface area contributed by atoms with E-state index in [-0.39, 0.29) is 0 Å². The van der Waals surface area contributed by atoms with Crippen molar-refractivity contribution in [2.75, 3.05) is 7.11 Å². The number of methoxy groups -OCH3 is 1. The first-order valence-electron chi connectivity index (χ1n) is 3.46. The fourth-order valence-corrected chi connectivity index (χ4v) is 1.25. The van der Waals surface area contributed by atoms with Crippen LogP contribution in [0.4, 0.5) is 0 Å². The summed E-state index contributed by atoms with van der Waals surface area (Å²) in [5, 5.41) is 0. The third-order valence-corrected chi connectivity index (χ3v) is 2.17. The standard InChI is InChI=1S/C8H10O3S/c1-11-7-3-2-4-8(6-5-7)12(9)10/h2,4-6H,3H2,1H3,(H,9,10). The van der Waals surface area contributed by atoms with Crippen LogP contribution in [0.5, 0.6) is 0 Å². The van der Waals surface area contributed by atoms with Crippen molar-refractivity contribution in [3.63, 3.8) is 0 Å². The van der Waals surface area contributed by atoms with Gasteiger partial charge in [-0.05, 0) is 18.2 Å². The van der Waals surface area contributed by atoms with Gasteiger partial charge in [0.2, 0.25) is 0 Å². The zero-order valence-electron chi connectivity index (χ0n) is 6.69. The lowest BCUT2D eigenvalue weighted by atomic mass is 10.3. The van der Waals surface area contributed by atoms with Crippen LogP contribution in [-0.2, 0) is 15.8 Å². The van der Waals surface area contributed by atoms with Crippen molar-refractivity contribution in [1.82, 2.24) is 0 Å². The lowest BCUT2D eigenvalue weighted by molar-refractivity contribution is 0.285. The van der Waals surface area contributed by atoms with Gasteiger partial charge in [-0.15, -0.1) is 0 Å². The maximum Gasteiger partial charge on any atom is 0.186 e. The van der Waals surface area contributed by atoms with Crippen LogP contribution in [0.25, 0.3) is 0 Å². The summed E-state index contributed by atoms with van der Waals surface area (Å²) in [4.78, 5) is 0.391. The molecule has 0 aromatic heterocycles. The summed E-state index contributed by atoms with van der Waals surface area (Å²) >= 11 is -1.91. The van der Waals surface area contributed by atoms with Gasteiger partial charge in [-0.2, -0.15) is 0 Å². The molecule has 0 aromatic rings. The largest absolute Gasteiger partial charge is 0.501 e. The Morgan fingerprint density at radius 2 is 2.33 bits per heavy atom. The fraction of sp³-hybridized carbons (Fsp3) is 0.250. The lowest BCUT2D eigenvalue weighted by Gasteiger charge is -1.98. The minimum absolute atomic E-state index is 0.391. The summed E-state index contributed by atoms with van der Waals surface area (Å²) in [6.45, 7) is 0. The Kier molecular flexibility index (Phi) is 3.25. The first-order chi connectivity index (χ1) is 5.74. The average molecular weight is 186 g/mol. The molecule has 1 aliphatic rings. The zero-order chi connectivity index (χ0) is 8.97. The van der Waals surface area contributed by atoms with Crippen molar-refractivity contribution in [2.45, 2.75) is 6.42 Å². The van der Waals surface area contributed by atoms with Gasteiger partial charge in [0.1, 0.15) is 0 Å². The van der Waals surface area contributed by atoms with Gasteiger partial charge in [0.15, 0.2) is 11.1 Å². The molecule has 0 amide bonds. The highest BCUT2D eigenvalue weighted by Crippen LogP contribution is 2.12. The van der Waals surface area contributed by atoms with E-state index in [2.05, 4.69) is 0 Å². The minimum Gasteiger partial charge on any atom is -0.501 e. The van der Waals surface area contributed by atoms with Crippen LogP contribution >= 0.6 is 0 Å². The molecule has 12 heavy (non-hydrogen) atoms. The summed E-state index contributed by atoms with van der Waals surface area (Å²) in [5.74, 6) is 0.784. The summed E-state index contributed by atoms with van der Waals surface area (Å²) in [6, 6.07) is 0. The van der Waals surface area contributed by atoms with Gasteiger partial charge in [0.25, 0.3) is 0 Å². The van der Waals surface area contributed by atoms with E-state index in [1.165, 1.54) is 0 Å². The van der Waals surface area contributed by atoms with Gasteiger partial charge in [0, 0.05) is 6.42 Å². The third kappa shape index (κ3) is 2.32. The first kappa shape index (κ1) is 9.22. The van der Waals surface area contributed by atoms with E-state index in [0.717, 1.165) is 5.76 Å². The van der Waals surface area contributed by atoms with Gasteiger partial charge in [-0.25, -0.2) is 4.21 Å². The number of hydrogen-bond donors (Lipinski definition) is 1. The Morgan fingerprint density at radius 3 is 2.92 bits per heavy atom. The van der Waals surface area contributed by atoms with E-state index in [1.54, 1.807) is 31.4 Å². The van der Waals surface area contributed by atoms with Gasteiger partial charge in [-0.3, -0.25) is 0 Å². The molecule has 1 atom stereocenters. The highest BCUT2D eigenvalue weighted by atomic mass is 32.2. The second-order valence-corrected chi connectivity index (χ2v) is 3.23. The first-order valence-corrected chi connectivity index (χ1v) is 4.57. The molecule has 0 fully saturated rings. The van der Waals surface area contributed by atoms with E-state index in [1.807, 2.05) is 0 Å². The molecular formula is C8H10O3S. The van der Waals surface area contributed by atoms with Gasteiger partial charge >= 0.3 is 0 Å². The number of hydrogen-bond acceptors (Lipinski definition) is 2. The number of ether oxygens (including phenoxy) is 1. The normalized spacial score (nSPS) is 19.2. The Morgan fingerprint density at radius 1 is 1.58 bits per heavy atom. The van der Waals surface area contributed by atoms with E-state index >= 15 is 0 Å². The molecule has 0 aliphatic heterocycles. The Labute approximate surface area is 73.7 Å². The molecular weight excluding hydrogens is 176 g/mol. The molecule has 1 N–H and O–H groups in total. The molecule has 1 rings (SSSR count). The van der Waals surface area contributed by atoms with Crippen LogP contribution in [0.2, 0.25) is 0 Å². The van der Waals surface area contributed by atoms with Crippen molar-refractivity contribution in [3.05, 3.63) is 35.0 Å². The van der Waals surface area contributed by atoms with E-state index in [9.17, 15) is 4.21 Å². The van der Waals surface area contributed by atoms with E-state index in [0.29, 0.717) is 11.3 Å². The Hall–Kier alpha value is -0.870. The monoisotopic (exact) mass is 186 g/mol. The second kappa shape index (κ2) is 4.23. The second-order valence-electron chi connectivity index (χ2n) is 2.26. The smallest absolute Gasteiger partial charge is 0.186 e. The van der Waals surface area contributed by atoms with Crippen molar-refractivity contribution < 1.29 is 13.5 Å². The van der Waals surface area contributed by atoms with Crippen molar-refractivity contribution >= 4 is 11.1 Å². The molecule has 1 unspecified atom stereocenters. The van der Waals surface area contributed by atoms with Crippen LogP contribution in [-0.4, -0.2) is 15.9 Å². The number of rotatable bonds is 2. The van der Waals surface area contributed by atoms with Crippen molar-refractivity contribution in [1.29, 1.82) is 0 Å². The SMILES string of the molecule is COC1=CC=C(S(=O)O)C=CC1. The maximum atomic E-state index is 10.6. The van der Waals surface area contributed by atoms with Crippen LogP contribution in [0.1, 0.15) is 6.42 Å². The topological polar surface area (TPSA) is 46.5 Å². The van der Waals surface area contributed by atoms with Crippen molar-refractivity contribution in [2.24, 2.45) is 0 Å². The van der Waals surface area contributed by atoms with Crippen LogP contribution < -0.4 is 0 Å². The summed E-state index contributed by atoms with van der Waals surface area (Å²) in [5.41, 5.74) is 0. The van der Waals surface area contributed by atoms with Crippen LogP contribution in [0.3, 0.4) is 0 Å². The highest BCUT2D eigenvalue weighted by molar-refractivity contribution is 7.83. The van der Waals surface area contributed by atoms with Gasteiger partial charge < -0.3 is 9.29 Å². The quantitative estimate of drug-likeness (QED) is 0.666. The molecule has 0 radical (unpaired) electrons. The molecule has 0 heterocycles. The zero-order valence-corrected chi connectivity index (χ0v) is 7.50. The third-order valence-electron chi connectivity index (χ3n) is 1.50. The molecule has 0 aromatic carbocycles. The predicted octanol–water partition coefficient (Wildman–Crippen LogP) is 1.58. The highest BCUT2D eigenvalue weighted by Gasteiger charge is 2.02. The summed E-state index contributed by atoms with van der Waals surface area (Å²) in [6.07, 6.45) is 7.36. The van der Waals surface area contributed by atoms with Crippen molar-refractivity contribution in [3.8, 4) is 0 Å². The fourth-order valence-electron chi connectivity index (χ4n) is 0.858. The minimum atomic E-state index is -1.91. The molecule has 0 saturated heterocycles. The molecule has 0 spiro atoms. The molecule has 66 valence electrons. The van der Waals surface area contributed by atoms with Crippen LogP contribution in [0.15, 0.2) is 35.0 Å². The van der Waals surface area contributed by atoms with Gasteiger partial charge in [0.05, 0.1) is 17.8 Å². The van der Waals surface area contributed by atoms with Gasteiger partial charge in [-0.1, -0.05) is 6.08 Å². The molecule has 0 saturated carbocycles. The van der Waals surface area contributed by atoms with E-state index in [4.69, 9.17) is 9.29 Å². The molecule has 4 heteroatoms. The molecule has 0 bridgehead atoms. The number of allylic oxidation sites excluding steroid dienone is 4. The maximum absolute atomic E-state index is 10.6. The molecule has 1 aliphatic carbocycles. The lowest BCUT2D eigenvalue weighted by Crippen LogP contribution is -1.87. The molecule has 3 nitrogen and oxygen atoms in total. The average Bonchev–Trinajstić information content (AvgIpc) is 2.28. The predicted molar refractivity (Wildman–Crippen MR) is 47.7 cm³/mol. The Bertz CT molecular complexity index is 276. The Balaban J connectivity index is 2.85. The van der Waals surface area contributed by atoms with E-state index < -0.39 is 11.1 Å². The summed E-state index contributed by atoms with van der Waals surface area (Å²) in [7, 11) is 1.58. The van der Waals surface area contributed by atoms with Crippen LogP contribution in [0, 0.1) is 0 Å².